The molecule has 1 amide bonds. The molecule has 3 aromatic rings. The molecule has 1 aromatic carbocycles. The summed E-state index contributed by atoms with van der Waals surface area (Å²) in [6.07, 6.45) is 4.69. The van der Waals surface area contributed by atoms with E-state index >= 15 is 0 Å². The van der Waals surface area contributed by atoms with Crippen LogP contribution < -0.4 is 10.6 Å². The Bertz CT molecular complexity index is 1070. The van der Waals surface area contributed by atoms with Crippen molar-refractivity contribution in [1.82, 2.24) is 19.7 Å². The average molecular weight is 391 g/mol. The Morgan fingerprint density at radius 1 is 1.24 bits per heavy atom. The van der Waals surface area contributed by atoms with Crippen LogP contribution in [0.25, 0.3) is 17.0 Å². The number of amides is 1. The minimum absolute atomic E-state index is 0.0679. The molecule has 29 heavy (non-hydrogen) atoms. The van der Waals surface area contributed by atoms with Crippen LogP contribution >= 0.6 is 0 Å². The number of imidazole rings is 1. The van der Waals surface area contributed by atoms with Gasteiger partial charge in [0, 0.05) is 30.6 Å². The van der Waals surface area contributed by atoms with Gasteiger partial charge in [0.1, 0.15) is 11.5 Å². The molecule has 3 rings (SSSR count). The highest BCUT2D eigenvalue weighted by Gasteiger charge is 2.13. The van der Waals surface area contributed by atoms with Gasteiger partial charge in [-0.3, -0.25) is 14.6 Å². The number of benzene rings is 1. The topological polar surface area (TPSA) is 125 Å². The van der Waals surface area contributed by atoms with E-state index in [1.165, 1.54) is 0 Å². The van der Waals surface area contributed by atoms with Crippen molar-refractivity contribution in [3.05, 3.63) is 65.5 Å². The summed E-state index contributed by atoms with van der Waals surface area (Å²) in [7, 11) is 0. The number of nitrogens with one attached hydrogen (secondary N) is 3. The number of hydrogen-bond donors (Lipinski definition) is 3. The van der Waals surface area contributed by atoms with E-state index in [4.69, 9.17) is 5.41 Å². The van der Waals surface area contributed by atoms with Crippen molar-refractivity contribution >= 4 is 23.3 Å². The second kappa shape index (κ2) is 8.87. The number of hydrogen-bond acceptors (Lipinski definition) is 6. The maximum atomic E-state index is 12.6. The van der Waals surface area contributed by atoms with E-state index in [0.717, 1.165) is 17.3 Å². The zero-order valence-corrected chi connectivity index (χ0v) is 16.1. The predicted octanol–water partition coefficient (Wildman–Crippen LogP) is 3.21. The second-order valence-electron chi connectivity index (χ2n) is 6.78. The number of carbonyl (C=O) groups excluding carboxylic acids is 1. The van der Waals surface area contributed by atoms with Crippen LogP contribution in [0.15, 0.2) is 65.7 Å². The van der Waals surface area contributed by atoms with Crippen LogP contribution in [-0.4, -0.2) is 32.7 Å². The number of anilines is 1. The van der Waals surface area contributed by atoms with E-state index in [2.05, 4.69) is 25.8 Å². The van der Waals surface area contributed by atoms with Gasteiger partial charge in [-0.2, -0.15) is 4.98 Å². The van der Waals surface area contributed by atoms with E-state index in [1.807, 2.05) is 50.4 Å². The first-order valence-electron chi connectivity index (χ1n) is 9.06. The van der Waals surface area contributed by atoms with Gasteiger partial charge in [0.25, 0.3) is 5.91 Å². The predicted molar refractivity (Wildman–Crippen MR) is 111 cm³/mol. The number of nitrogens with zero attached hydrogens (tertiary/aromatic N) is 4. The monoisotopic (exact) mass is 391 g/mol. The Morgan fingerprint density at radius 3 is 2.69 bits per heavy atom. The summed E-state index contributed by atoms with van der Waals surface area (Å²) in [5.74, 6) is -0.0677. The third-order valence-corrected chi connectivity index (χ3v) is 3.96. The van der Waals surface area contributed by atoms with Crippen molar-refractivity contribution in [2.45, 2.75) is 13.8 Å². The van der Waals surface area contributed by atoms with Crippen molar-refractivity contribution in [1.29, 1.82) is 5.41 Å². The van der Waals surface area contributed by atoms with Crippen LogP contribution in [0.4, 0.5) is 5.82 Å². The lowest BCUT2D eigenvalue weighted by atomic mass is 10.2. The van der Waals surface area contributed by atoms with E-state index in [0.29, 0.717) is 18.1 Å². The van der Waals surface area contributed by atoms with Gasteiger partial charge in [0.05, 0.1) is 5.69 Å². The van der Waals surface area contributed by atoms with Gasteiger partial charge in [0.15, 0.2) is 5.84 Å². The summed E-state index contributed by atoms with van der Waals surface area (Å²) in [6, 6.07) is 11.4. The zero-order valence-electron chi connectivity index (χ0n) is 16.1. The quantitative estimate of drug-likeness (QED) is 0.247. The van der Waals surface area contributed by atoms with Crippen LogP contribution in [0.1, 0.15) is 13.8 Å². The van der Waals surface area contributed by atoms with E-state index in [1.54, 1.807) is 16.7 Å². The molecule has 2 heterocycles. The molecule has 0 saturated carbocycles. The fraction of sp³-hybridized carbons (Fsp3) is 0.200. The lowest BCUT2D eigenvalue weighted by Crippen LogP contribution is -2.29. The normalized spacial score (nSPS) is 11.5. The molecule has 0 atom stereocenters. The Morgan fingerprint density at radius 2 is 2.00 bits per heavy atom. The number of aromatic nitrogens is 3. The molecule has 0 aliphatic heterocycles. The van der Waals surface area contributed by atoms with E-state index in [9.17, 15) is 9.70 Å². The molecule has 0 saturated heterocycles. The first-order valence-corrected chi connectivity index (χ1v) is 9.06. The molecule has 0 radical (unpaired) electrons. The van der Waals surface area contributed by atoms with E-state index < -0.39 is 11.7 Å². The summed E-state index contributed by atoms with van der Waals surface area (Å²) < 4.78 is 1.76. The zero-order chi connectivity index (χ0) is 20.8. The summed E-state index contributed by atoms with van der Waals surface area (Å²) in [5.41, 5.74) is 1.80. The summed E-state index contributed by atoms with van der Waals surface area (Å²) in [6.45, 7) is 4.45. The van der Waals surface area contributed by atoms with Crippen molar-refractivity contribution in [2.24, 2.45) is 11.1 Å². The molecule has 9 heteroatoms. The standard InChI is InChI=1S/C20H21N7O2/c1-13(2)11-22-15(10-17(21)26-29)19(28)24-18-8-9-27-12-16(23-20(27)25-18)14-6-4-3-5-7-14/h3-10,12-13,21-22H,11H2,1-2H3,(H,23,24,25,28)/b15-10-,21-17?. The van der Waals surface area contributed by atoms with Gasteiger partial charge in [-0.05, 0) is 17.2 Å². The molecule has 9 nitrogen and oxygen atoms in total. The minimum atomic E-state index is -0.546. The lowest BCUT2D eigenvalue weighted by Gasteiger charge is -2.12. The second-order valence-corrected chi connectivity index (χ2v) is 6.78. The van der Waals surface area contributed by atoms with Crippen LogP contribution in [0.3, 0.4) is 0 Å². The number of fused-ring (bicyclic) bond motifs is 1. The molecule has 148 valence electrons. The fourth-order valence-electron chi connectivity index (χ4n) is 2.55. The summed E-state index contributed by atoms with van der Waals surface area (Å²) in [4.78, 5) is 32.0. The highest BCUT2D eigenvalue weighted by Crippen LogP contribution is 2.18. The fourth-order valence-corrected chi connectivity index (χ4v) is 2.55. The molecule has 0 aliphatic carbocycles. The SMILES string of the molecule is CC(C)CN/C(=C\C(=N)N=O)C(=O)Nc1ccn2cc(-c3ccccc3)nc2n1. The Hall–Kier alpha value is -3.88. The van der Waals surface area contributed by atoms with Crippen LogP contribution in [-0.2, 0) is 4.79 Å². The Kier molecular flexibility index (Phi) is 6.08. The van der Waals surface area contributed by atoms with E-state index in [-0.39, 0.29) is 11.6 Å². The van der Waals surface area contributed by atoms with Crippen LogP contribution in [0.2, 0.25) is 0 Å². The summed E-state index contributed by atoms with van der Waals surface area (Å²) in [5, 5.41) is 15.5. The molecule has 0 bridgehead atoms. The maximum absolute atomic E-state index is 12.6. The molecule has 3 N–H and O–H groups in total. The molecular formula is C20H21N7O2. The first kappa shape index (κ1) is 19.9. The van der Waals surface area contributed by atoms with Crippen LogP contribution in [0, 0.1) is 16.2 Å². The largest absolute Gasteiger partial charge is 0.380 e. The first-order chi connectivity index (χ1) is 14.0. The minimum Gasteiger partial charge on any atom is -0.380 e. The van der Waals surface area contributed by atoms with Crippen molar-refractivity contribution < 1.29 is 4.79 Å². The van der Waals surface area contributed by atoms with Gasteiger partial charge in [-0.1, -0.05) is 44.2 Å². The van der Waals surface area contributed by atoms with Gasteiger partial charge >= 0.3 is 0 Å². The van der Waals surface area contributed by atoms with Gasteiger partial charge in [-0.15, -0.1) is 4.91 Å². The average Bonchev–Trinajstić information content (AvgIpc) is 3.14. The Balaban J connectivity index is 1.82. The number of nitroso groups, excluding NO2 is 1. The molecule has 0 fully saturated rings. The molecule has 0 aliphatic rings. The van der Waals surface area contributed by atoms with Crippen molar-refractivity contribution in [3.8, 4) is 11.3 Å². The molecule has 0 spiro atoms. The molecule has 0 unspecified atom stereocenters. The van der Waals surface area contributed by atoms with Gasteiger partial charge in [-0.25, -0.2) is 4.98 Å². The number of amidine groups is 1. The Labute approximate surface area is 167 Å². The number of carbonyl (C=O) groups is 1. The van der Waals surface area contributed by atoms with Gasteiger partial charge < -0.3 is 10.6 Å². The van der Waals surface area contributed by atoms with Crippen molar-refractivity contribution in [2.75, 3.05) is 11.9 Å². The third-order valence-electron chi connectivity index (χ3n) is 3.96. The smallest absolute Gasteiger partial charge is 0.273 e. The highest BCUT2D eigenvalue weighted by molar-refractivity contribution is 6.07. The maximum Gasteiger partial charge on any atom is 0.273 e. The summed E-state index contributed by atoms with van der Waals surface area (Å²) >= 11 is 0. The van der Waals surface area contributed by atoms with Gasteiger partial charge in [0.2, 0.25) is 5.78 Å². The van der Waals surface area contributed by atoms with Crippen LogP contribution in [0.5, 0.6) is 0 Å². The lowest BCUT2D eigenvalue weighted by molar-refractivity contribution is -0.113. The molecule has 2 aromatic heterocycles. The van der Waals surface area contributed by atoms with Crippen molar-refractivity contribution in [3.63, 3.8) is 0 Å². The third kappa shape index (κ3) is 5.10. The number of rotatable bonds is 7. The molecular weight excluding hydrogens is 370 g/mol. The highest BCUT2D eigenvalue weighted by atomic mass is 16.3.